The first-order valence-electron chi connectivity index (χ1n) is 19.2. The van der Waals surface area contributed by atoms with Crippen molar-refractivity contribution in [3.8, 4) is 0 Å². The first kappa shape index (κ1) is 51.6. The van der Waals surface area contributed by atoms with E-state index in [2.05, 4.69) is 0 Å². The largest absolute Gasteiger partial charge is 0.454 e. The Morgan fingerprint density at radius 3 is 0.891 bits per heavy atom. The van der Waals surface area contributed by atoms with Gasteiger partial charge in [-0.1, -0.05) is 69.2 Å². The molecule has 0 spiro atoms. The molecule has 0 radical (unpaired) electrons. The van der Waals surface area contributed by atoms with E-state index in [0.717, 1.165) is 6.92 Å². The maximum atomic E-state index is 13.8. The fraction of sp³-hybridized carbons (Fsp3) is 0.842. The van der Waals surface area contributed by atoms with Gasteiger partial charge in [0.1, 0.15) is 18.3 Å². The van der Waals surface area contributed by atoms with Gasteiger partial charge in [0.25, 0.3) is 0 Å². The Hall–Kier alpha value is -3.38. The lowest BCUT2D eigenvalue weighted by Crippen LogP contribution is -2.50. The highest BCUT2D eigenvalue weighted by molar-refractivity contribution is 5.87. The molecule has 17 nitrogen and oxygen atoms in total. The number of carbonyl (C=O) groups is 6. The highest BCUT2D eigenvalue weighted by Crippen LogP contribution is 2.25. The summed E-state index contributed by atoms with van der Waals surface area (Å²) in [5.74, 6) is -9.28. The van der Waals surface area contributed by atoms with Crippen molar-refractivity contribution in [1.29, 1.82) is 0 Å². The first-order chi connectivity index (χ1) is 25.7. The van der Waals surface area contributed by atoms with Gasteiger partial charge in [-0.3, -0.25) is 4.79 Å². The molecule has 0 aliphatic carbocycles. The van der Waals surface area contributed by atoms with Crippen LogP contribution >= 0.6 is 0 Å². The molecule has 0 aromatic carbocycles. The molecule has 0 bridgehead atoms. The van der Waals surface area contributed by atoms with E-state index in [1.165, 1.54) is 0 Å². The zero-order chi connectivity index (χ0) is 42.7. The predicted octanol–water partition coefficient (Wildman–Crippen LogP) is 1.77. The third-order valence-corrected chi connectivity index (χ3v) is 9.99. The molecule has 0 unspecified atom stereocenters. The number of hydrogen-bond acceptors (Lipinski definition) is 17. The maximum absolute atomic E-state index is 13.8. The molecule has 320 valence electrons. The molecule has 55 heavy (non-hydrogen) atoms. The molecule has 0 aliphatic rings. The van der Waals surface area contributed by atoms with Crippen molar-refractivity contribution < 1.29 is 82.7 Å². The molecule has 0 aromatic rings. The monoisotopic (exact) mass is 794 g/mol. The summed E-state index contributed by atoms with van der Waals surface area (Å²) in [7, 11) is 0. The van der Waals surface area contributed by atoms with E-state index >= 15 is 0 Å². The van der Waals surface area contributed by atoms with E-state index < -0.39 is 134 Å². The second-order valence-electron chi connectivity index (χ2n) is 14.3. The average Bonchev–Trinajstić information content (AvgIpc) is 3.17. The summed E-state index contributed by atoms with van der Waals surface area (Å²) in [5, 5.41) is 49.0. The Labute approximate surface area is 324 Å². The minimum absolute atomic E-state index is 0.270. The van der Waals surface area contributed by atoms with Gasteiger partial charge in [0, 0.05) is 36.5 Å². The summed E-state index contributed by atoms with van der Waals surface area (Å²) in [6.45, 7) is 15.9. The maximum Gasteiger partial charge on any atom is 0.348 e. The molecule has 14 atom stereocenters. The third kappa shape index (κ3) is 15.9. The van der Waals surface area contributed by atoms with Gasteiger partial charge in [-0.15, -0.1) is 0 Å². The zero-order valence-electron chi connectivity index (χ0n) is 34.2. The summed E-state index contributed by atoms with van der Waals surface area (Å²) in [6, 6.07) is 0. The van der Waals surface area contributed by atoms with Crippen molar-refractivity contribution in [3.63, 3.8) is 0 Å². The van der Waals surface area contributed by atoms with Crippen LogP contribution in [0.25, 0.3) is 0 Å². The number of ether oxygens (including phenoxy) is 6. The fourth-order valence-corrected chi connectivity index (χ4v) is 4.99. The van der Waals surface area contributed by atoms with Gasteiger partial charge in [-0.05, 0) is 32.1 Å². The zero-order valence-corrected chi connectivity index (χ0v) is 34.2. The average molecular weight is 795 g/mol. The van der Waals surface area contributed by atoms with Crippen LogP contribution in [0.4, 0.5) is 0 Å². The first-order valence-corrected chi connectivity index (χ1v) is 19.2. The summed E-state index contributed by atoms with van der Waals surface area (Å²) in [4.78, 5) is 79.3. The number of aliphatic hydroxyl groups is 5. The minimum Gasteiger partial charge on any atom is -0.454 e. The Morgan fingerprint density at radius 1 is 0.418 bits per heavy atom. The Balaban J connectivity index is 6.43. The Kier molecular flexibility index (Phi) is 24.1. The molecule has 0 aromatic heterocycles. The van der Waals surface area contributed by atoms with Gasteiger partial charge >= 0.3 is 35.8 Å². The molecule has 0 saturated carbocycles. The van der Waals surface area contributed by atoms with Crippen LogP contribution in [0.1, 0.15) is 108 Å². The Morgan fingerprint density at radius 2 is 0.673 bits per heavy atom. The van der Waals surface area contributed by atoms with Crippen LogP contribution < -0.4 is 0 Å². The van der Waals surface area contributed by atoms with E-state index in [4.69, 9.17) is 33.5 Å². The van der Waals surface area contributed by atoms with Crippen molar-refractivity contribution in [1.82, 2.24) is 0 Å². The van der Waals surface area contributed by atoms with Crippen molar-refractivity contribution >= 4 is 35.8 Å². The molecule has 0 aliphatic heterocycles. The molecule has 0 saturated heterocycles. The molecular formula is C38H66O17. The molecular weight excluding hydrogens is 728 g/mol. The van der Waals surface area contributed by atoms with Gasteiger partial charge in [0.2, 0.25) is 30.5 Å². The molecule has 0 heterocycles. The lowest BCUT2D eigenvalue weighted by atomic mass is 9.98. The number of aliphatic hydroxyl groups excluding tert-OH is 5. The van der Waals surface area contributed by atoms with Crippen LogP contribution in [0.3, 0.4) is 0 Å². The number of hydrogen-bond donors (Lipinski definition) is 5. The SMILES string of the molecule is CC[C@@H](C)[C@H](OC(=O)[C@@H](OC(=O)[C@@H](OC(=O)[C@@H](OC(=O)[C@@H](OC(C)=O)[C@@H](C)CC)[C@H](C)CC)[C@@H](C)CC)[C@H](C)CC)C(=O)O[C@H](CO)[C@H](O)[C@H](O)[C@H](O)CO. The van der Waals surface area contributed by atoms with Crippen molar-refractivity contribution in [2.45, 2.75) is 163 Å². The Bertz CT molecular complexity index is 1210. The van der Waals surface area contributed by atoms with Crippen LogP contribution in [0, 0.1) is 29.6 Å². The number of rotatable bonds is 26. The minimum atomic E-state index is -2.03. The summed E-state index contributed by atoms with van der Waals surface area (Å²) >= 11 is 0. The van der Waals surface area contributed by atoms with E-state index in [1.54, 1.807) is 69.2 Å². The van der Waals surface area contributed by atoms with E-state index in [9.17, 15) is 49.2 Å². The lowest BCUT2D eigenvalue weighted by molar-refractivity contribution is -0.199. The topological polar surface area (TPSA) is 259 Å². The van der Waals surface area contributed by atoms with E-state index in [1.807, 2.05) is 0 Å². The van der Waals surface area contributed by atoms with Gasteiger partial charge < -0.3 is 54.0 Å². The second-order valence-corrected chi connectivity index (χ2v) is 14.3. The fourth-order valence-electron chi connectivity index (χ4n) is 4.99. The molecule has 0 fully saturated rings. The van der Waals surface area contributed by atoms with Gasteiger partial charge in [-0.2, -0.15) is 0 Å². The van der Waals surface area contributed by atoms with Crippen molar-refractivity contribution in [2.24, 2.45) is 29.6 Å². The van der Waals surface area contributed by atoms with E-state index in [0.29, 0.717) is 19.3 Å². The third-order valence-electron chi connectivity index (χ3n) is 9.99. The number of esters is 6. The standard InChI is InChI=1S/C38H66O17/c1-12-19(6)29(50-24(11)41)35(46)53-31(21(8)14-3)37(48)55-33(23(10)16-5)38(49)54-32(22(9)15-4)36(47)52-30(20(7)13-2)34(45)51-26(18-40)28(44)27(43)25(42)17-39/h19-23,25-33,39-40,42-44H,12-18H2,1-11H3/t19-,20+,21+,22+,23-,25+,26+,27+,28-,29-,30-,31-,32-,33-/m0/s1. The van der Waals surface area contributed by atoms with Crippen LogP contribution in [0.2, 0.25) is 0 Å². The second kappa shape index (κ2) is 25.7. The van der Waals surface area contributed by atoms with Crippen LogP contribution in [-0.2, 0) is 57.2 Å². The summed E-state index contributed by atoms with van der Waals surface area (Å²) in [5.41, 5.74) is 0. The molecule has 0 amide bonds. The molecule has 0 rings (SSSR count). The van der Waals surface area contributed by atoms with Gasteiger partial charge in [0.15, 0.2) is 6.10 Å². The summed E-state index contributed by atoms with van der Waals surface area (Å²) in [6.07, 6.45) is -13.6. The van der Waals surface area contributed by atoms with Crippen LogP contribution in [0.15, 0.2) is 0 Å². The van der Waals surface area contributed by atoms with Gasteiger partial charge in [0.05, 0.1) is 13.2 Å². The normalized spacial score (nSPS) is 19.2. The quantitative estimate of drug-likeness (QED) is 0.0617. The predicted molar refractivity (Wildman–Crippen MR) is 194 cm³/mol. The van der Waals surface area contributed by atoms with Crippen LogP contribution in [0.5, 0.6) is 0 Å². The van der Waals surface area contributed by atoms with Crippen molar-refractivity contribution in [2.75, 3.05) is 13.2 Å². The van der Waals surface area contributed by atoms with Crippen LogP contribution in [-0.4, -0.2) is 129 Å². The summed E-state index contributed by atoms with van der Waals surface area (Å²) < 4.78 is 32.8. The highest BCUT2D eigenvalue weighted by atomic mass is 16.7. The molecule has 17 heteroatoms. The lowest BCUT2D eigenvalue weighted by Gasteiger charge is -2.31. The van der Waals surface area contributed by atoms with Crippen molar-refractivity contribution in [3.05, 3.63) is 0 Å². The molecule has 5 N–H and O–H groups in total. The smallest absolute Gasteiger partial charge is 0.348 e. The highest BCUT2D eigenvalue weighted by Gasteiger charge is 2.43. The number of carbonyl (C=O) groups excluding carboxylic acids is 6. The van der Waals surface area contributed by atoms with E-state index in [-0.39, 0.29) is 12.8 Å². The van der Waals surface area contributed by atoms with Gasteiger partial charge in [-0.25, -0.2) is 24.0 Å².